The summed E-state index contributed by atoms with van der Waals surface area (Å²) in [5.41, 5.74) is 5.89. The Hall–Kier alpha value is -0.120. The zero-order valence-corrected chi connectivity index (χ0v) is 9.46. The molecule has 0 amide bonds. The molecule has 1 aliphatic rings. The third kappa shape index (κ3) is 4.40. The standard InChI is InChI=1S/C11H24N2O/c1-9(2)11(12)8-14-7-10-4-3-5-13-6-10/h9-11,13H,3-8,12H2,1-2H3. The van der Waals surface area contributed by atoms with Crippen LogP contribution >= 0.6 is 0 Å². The van der Waals surface area contributed by atoms with Crippen LogP contribution in [-0.2, 0) is 4.74 Å². The van der Waals surface area contributed by atoms with E-state index in [9.17, 15) is 0 Å². The van der Waals surface area contributed by atoms with Crippen molar-refractivity contribution >= 4 is 0 Å². The van der Waals surface area contributed by atoms with Crippen molar-refractivity contribution in [1.82, 2.24) is 5.32 Å². The molecule has 3 N–H and O–H groups in total. The van der Waals surface area contributed by atoms with Crippen molar-refractivity contribution in [3.8, 4) is 0 Å². The van der Waals surface area contributed by atoms with E-state index in [0.717, 1.165) is 13.2 Å². The van der Waals surface area contributed by atoms with Crippen LogP contribution in [0.3, 0.4) is 0 Å². The van der Waals surface area contributed by atoms with Crippen molar-refractivity contribution < 1.29 is 4.74 Å². The molecule has 0 radical (unpaired) electrons. The molecule has 0 aliphatic carbocycles. The lowest BCUT2D eigenvalue weighted by molar-refractivity contribution is 0.0725. The molecule has 1 fully saturated rings. The summed E-state index contributed by atoms with van der Waals surface area (Å²) in [6.07, 6.45) is 2.58. The molecular weight excluding hydrogens is 176 g/mol. The molecule has 0 aromatic rings. The summed E-state index contributed by atoms with van der Waals surface area (Å²) in [7, 11) is 0. The quantitative estimate of drug-likeness (QED) is 0.695. The van der Waals surface area contributed by atoms with E-state index in [1.807, 2.05) is 0 Å². The van der Waals surface area contributed by atoms with Gasteiger partial charge in [0.15, 0.2) is 0 Å². The molecule has 2 atom stereocenters. The monoisotopic (exact) mass is 200 g/mol. The third-order valence-electron chi connectivity index (χ3n) is 2.92. The van der Waals surface area contributed by atoms with Gasteiger partial charge in [0.25, 0.3) is 0 Å². The number of piperidine rings is 1. The van der Waals surface area contributed by atoms with Gasteiger partial charge in [-0.2, -0.15) is 0 Å². The molecule has 84 valence electrons. The fourth-order valence-corrected chi connectivity index (χ4v) is 1.63. The minimum Gasteiger partial charge on any atom is -0.379 e. The van der Waals surface area contributed by atoms with Crippen molar-refractivity contribution in [2.24, 2.45) is 17.6 Å². The Bertz CT molecular complexity index is 144. The summed E-state index contributed by atoms with van der Waals surface area (Å²) in [4.78, 5) is 0. The van der Waals surface area contributed by atoms with Crippen LogP contribution in [0.15, 0.2) is 0 Å². The van der Waals surface area contributed by atoms with E-state index < -0.39 is 0 Å². The lowest BCUT2D eigenvalue weighted by Crippen LogP contribution is -2.35. The van der Waals surface area contributed by atoms with Crippen LogP contribution in [0.1, 0.15) is 26.7 Å². The highest BCUT2D eigenvalue weighted by Crippen LogP contribution is 2.10. The largest absolute Gasteiger partial charge is 0.379 e. The van der Waals surface area contributed by atoms with Gasteiger partial charge in [-0.05, 0) is 31.2 Å². The summed E-state index contributed by atoms with van der Waals surface area (Å²) in [5.74, 6) is 1.21. The molecule has 1 saturated heterocycles. The second-order valence-electron chi connectivity index (χ2n) is 4.66. The van der Waals surface area contributed by atoms with Gasteiger partial charge in [0.1, 0.15) is 0 Å². The number of hydrogen-bond donors (Lipinski definition) is 2. The van der Waals surface area contributed by atoms with Gasteiger partial charge in [-0.1, -0.05) is 13.8 Å². The molecule has 0 aromatic heterocycles. The molecule has 0 saturated carbocycles. The van der Waals surface area contributed by atoms with Crippen LogP contribution in [0.4, 0.5) is 0 Å². The van der Waals surface area contributed by atoms with Gasteiger partial charge in [0.05, 0.1) is 13.2 Å². The van der Waals surface area contributed by atoms with Crippen molar-refractivity contribution in [3.63, 3.8) is 0 Å². The maximum Gasteiger partial charge on any atom is 0.0620 e. The van der Waals surface area contributed by atoms with E-state index in [2.05, 4.69) is 19.2 Å². The van der Waals surface area contributed by atoms with Crippen LogP contribution in [0, 0.1) is 11.8 Å². The minimum atomic E-state index is 0.187. The summed E-state index contributed by atoms with van der Waals surface area (Å²) >= 11 is 0. The van der Waals surface area contributed by atoms with E-state index in [1.54, 1.807) is 0 Å². The van der Waals surface area contributed by atoms with E-state index in [4.69, 9.17) is 10.5 Å². The fraction of sp³-hybridized carbons (Fsp3) is 1.00. The topological polar surface area (TPSA) is 47.3 Å². The predicted octanol–water partition coefficient (Wildman–Crippen LogP) is 0.986. The van der Waals surface area contributed by atoms with Gasteiger partial charge in [0, 0.05) is 12.6 Å². The molecule has 0 spiro atoms. The molecule has 0 aromatic carbocycles. The predicted molar refractivity (Wildman–Crippen MR) is 59.2 cm³/mol. The zero-order chi connectivity index (χ0) is 10.4. The second kappa shape index (κ2) is 6.38. The highest BCUT2D eigenvalue weighted by molar-refractivity contribution is 4.69. The van der Waals surface area contributed by atoms with Gasteiger partial charge < -0.3 is 15.8 Å². The van der Waals surface area contributed by atoms with Crippen LogP contribution < -0.4 is 11.1 Å². The van der Waals surface area contributed by atoms with Crippen molar-refractivity contribution in [1.29, 1.82) is 0 Å². The maximum absolute atomic E-state index is 5.89. The molecule has 3 nitrogen and oxygen atoms in total. The minimum absolute atomic E-state index is 0.187. The smallest absolute Gasteiger partial charge is 0.0620 e. The Kier molecular flexibility index (Phi) is 5.45. The number of rotatable bonds is 5. The Labute approximate surface area is 87.4 Å². The highest BCUT2D eigenvalue weighted by atomic mass is 16.5. The average Bonchev–Trinajstić information content (AvgIpc) is 2.19. The first-order chi connectivity index (χ1) is 6.70. The third-order valence-corrected chi connectivity index (χ3v) is 2.92. The van der Waals surface area contributed by atoms with Crippen molar-refractivity contribution in [3.05, 3.63) is 0 Å². The van der Waals surface area contributed by atoms with Gasteiger partial charge in [-0.15, -0.1) is 0 Å². The summed E-state index contributed by atoms with van der Waals surface area (Å²) in [6, 6.07) is 0.187. The lowest BCUT2D eigenvalue weighted by atomic mass is 10.0. The maximum atomic E-state index is 5.89. The van der Waals surface area contributed by atoms with E-state index in [0.29, 0.717) is 18.4 Å². The summed E-state index contributed by atoms with van der Waals surface area (Å²) in [6.45, 7) is 8.12. The zero-order valence-electron chi connectivity index (χ0n) is 9.46. The number of hydrogen-bond acceptors (Lipinski definition) is 3. The summed E-state index contributed by atoms with van der Waals surface area (Å²) in [5, 5.41) is 3.38. The SMILES string of the molecule is CC(C)C(N)COCC1CCCNC1. The van der Waals surface area contributed by atoms with Crippen molar-refractivity contribution in [2.45, 2.75) is 32.7 Å². The average molecular weight is 200 g/mol. The molecule has 14 heavy (non-hydrogen) atoms. The highest BCUT2D eigenvalue weighted by Gasteiger charge is 2.14. The first-order valence-corrected chi connectivity index (χ1v) is 5.74. The second-order valence-corrected chi connectivity index (χ2v) is 4.66. The molecule has 1 heterocycles. The Balaban J connectivity index is 2.02. The molecule has 0 bridgehead atoms. The van der Waals surface area contributed by atoms with Gasteiger partial charge >= 0.3 is 0 Å². The van der Waals surface area contributed by atoms with E-state index in [1.165, 1.54) is 19.4 Å². The Morgan fingerprint density at radius 1 is 1.50 bits per heavy atom. The van der Waals surface area contributed by atoms with Crippen LogP contribution in [-0.4, -0.2) is 32.3 Å². The van der Waals surface area contributed by atoms with Crippen LogP contribution in [0.25, 0.3) is 0 Å². The van der Waals surface area contributed by atoms with Gasteiger partial charge in [0.2, 0.25) is 0 Å². The fourth-order valence-electron chi connectivity index (χ4n) is 1.63. The number of nitrogens with one attached hydrogen (secondary N) is 1. The van der Waals surface area contributed by atoms with Gasteiger partial charge in [-0.3, -0.25) is 0 Å². The van der Waals surface area contributed by atoms with Crippen LogP contribution in [0.2, 0.25) is 0 Å². The Morgan fingerprint density at radius 3 is 2.86 bits per heavy atom. The van der Waals surface area contributed by atoms with E-state index >= 15 is 0 Å². The van der Waals surface area contributed by atoms with Gasteiger partial charge in [-0.25, -0.2) is 0 Å². The van der Waals surface area contributed by atoms with Crippen molar-refractivity contribution in [2.75, 3.05) is 26.3 Å². The molecule has 1 aliphatic heterocycles. The normalized spacial score (nSPS) is 25.3. The first kappa shape index (κ1) is 12.0. The molecular formula is C11H24N2O. The molecule has 1 rings (SSSR count). The van der Waals surface area contributed by atoms with E-state index in [-0.39, 0.29) is 6.04 Å². The Morgan fingerprint density at radius 2 is 2.29 bits per heavy atom. The van der Waals surface area contributed by atoms with Crippen LogP contribution in [0.5, 0.6) is 0 Å². The molecule has 3 heteroatoms. The first-order valence-electron chi connectivity index (χ1n) is 5.74. The molecule has 2 unspecified atom stereocenters. The number of ether oxygens (including phenoxy) is 1. The number of nitrogens with two attached hydrogens (primary N) is 1. The summed E-state index contributed by atoms with van der Waals surface area (Å²) < 4.78 is 5.63. The lowest BCUT2D eigenvalue weighted by Gasteiger charge is -2.23.